The molecular formula is C27H29N5O4. The molecule has 5 rings (SSSR count). The lowest BCUT2D eigenvalue weighted by Gasteiger charge is -2.28. The van der Waals surface area contributed by atoms with Crippen LogP contribution in [0.25, 0.3) is 0 Å². The number of carbonyl (C=O) groups excluding carboxylic acids is 2. The first-order chi connectivity index (χ1) is 17.5. The highest BCUT2D eigenvalue weighted by Crippen LogP contribution is 2.34. The molecule has 9 heteroatoms. The first kappa shape index (κ1) is 23.6. The van der Waals surface area contributed by atoms with E-state index in [4.69, 9.17) is 0 Å². The molecule has 2 aliphatic rings. The van der Waals surface area contributed by atoms with Gasteiger partial charge in [-0.05, 0) is 29.7 Å². The van der Waals surface area contributed by atoms with Crippen LogP contribution in [-0.2, 0) is 29.1 Å². The van der Waals surface area contributed by atoms with Gasteiger partial charge in [0, 0.05) is 32.4 Å². The number of imide groups is 1. The summed E-state index contributed by atoms with van der Waals surface area (Å²) < 4.78 is 1.66. The van der Waals surface area contributed by atoms with Crippen molar-refractivity contribution in [2.75, 3.05) is 15.1 Å². The predicted octanol–water partition coefficient (Wildman–Crippen LogP) is 2.99. The number of unbranched alkanes of at least 4 members (excludes halogenated alkanes) is 1. The summed E-state index contributed by atoms with van der Waals surface area (Å²) in [6.07, 6.45) is 2.51. The monoisotopic (exact) mass is 487 g/mol. The van der Waals surface area contributed by atoms with E-state index in [-0.39, 0.29) is 30.8 Å². The maximum Gasteiger partial charge on any atom is 0.330 e. The molecule has 2 N–H and O–H groups in total. The summed E-state index contributed by atoms with van der Waals surface area (Å²) in [6.45, 7) is 3.10. The minimum absolute atomic E-state index is 0.182. The molecule has 0 spiro atoms. The van der Waals surface area contributed by atoms with E-state index in [2.05, 4.69) is 22.1 Å². The van der Waals surface area contributed by atoms with Gasteiger partial charge >= 0.3 is 5.69 Å². The van der Waals surface area contributed by atoms with Gasteiger partial charge in [0.05, 0.1) is 5.69 Å². The number of benzene rings is 2. The zero-order valence-electron chi connectivity index (χ0n) is 20.2. The van der Waals surface area contributed by atoms with Gasteiger partial charge in [-0.1, -0.05) is 55.8 Å². The third kappa shape index (κ3) is 4.44. The smallest absolute Gasteiger partial charge is 0.330 e. The number of nitrogens with one attached hydrogen (secondary N) is 2. The Morgan fingerprint density at radius 3 is 2.25 bits per heavy atom. The molecule has 1 unspecified atom stereocenters. The predicted molar refractivity (Wildman–Crippen MR) is 138 cm³/mol. The SMILES string of the molecule is CCCCn1c2c(c(=O)[nH]c1=O)NC(Cc1ccc(N3C(=O)CCC3=O)cc1)N2Cc1ccccc1. The van der Waals surface area contributed by atoms with E-state index in [0.29, 0.717) is 36.7 Å². The summed E-state index contributed by atoms with van der Waals surface area (Å²) in [4.78, 5) is 55.5. The van der Waals surface area contributed by atoms with E-state index in [0.717, 1.165) is 24.0 Å². The Hall–Kier alpha value is -4.14. The number of aromatic nitrogens is 2. The lowest BCUT2D eigenvalue weighted by molar-refractivity contribution is -0.121. The van der Waals surface area contributed by atoms with Crippen LogP contribution in [0.15, 0.2) is 64.2 Å². The standard InChI is InChI=1S/C27H29N5O4/c1-2-3-15-30-26-24(25(35)29-27(30)36)28-21(31(26)17-19-7-5-4-6-8-19)16-18-9-11-20(12-10-18)32-22(33)13-14-23(32)34/h4-12,21,28H,2-3,13-17H2,1H3,(H,29,35,36). The fraction of sp³-hybridized carbons (Fsp3) is 0.333. The normalized spacial score (nSPS) is 17.0. The molecule has 0 radical (unpaired) electrons. The molecule has 2 aromatic carbocycles. The van der Waals surface area contributed by atoms with Crippen LogP contribution in [0.2, 0.25) is 0 Å². The molecule has 1 fully saturated rings. The number of anilines is 3. The summed E-state index contributed by atoms with van der Waals surface area (Å²) in [6, 6.07) is 17.3. The van der Waals surface area contributed by atoms with E-state index >= 15 is 0 Å². The number of nitrogens with zero attached hydrogens (tertiary/aromatic N) is 3. The third-order valence-corrected chi connectivity index (χ3v) is 6.74. The first-order valence-corrected chi connectivity index (χ1v) is 12.3. The molecule has 3 aromatic rings. The Morgan fingerprint density at radius 2 is 1.58 bits per heavy atom. The van der Waals surface area contributed by atoms with E-state index in [1.807, 2.05) is 42.5 Å². The van der Waals surface area contributed by atoms with Gasteiger partial charge in [-0.25, -0.2) is 4.79 Å². The van der Waals surface area contributed by atoms with Crippen LogP contribution < -0.4 is 26.4 Å². The minimum atomic E-state index is -0.426. The lowest BCUT2D eigenvalue weighted by Crippen LogP contribution is -2.39. The van der Waals surface area contributed by atoms with Crippen molar-refractivity contribution in [3.05, 3.63) is 86.6 Å². The van der Waals surface area contributed by atoms with Crippen LogP contribution >= 0.6 is 0 Å². The Bertz CT molecular complexity index is 1380. The van der Waals surface area contributed by atoms with E-state index in [1.165, 1.54) is 4.90 Å². The summed E-state index contributed by atoms with van der Waals surface area (Å²) in [7, 11) is 0. The molecule has 9 nitrogen and oxygen atoms in total. The average molecular weight is 488 g/mol. The quantitative estimate of drug-likeness (QED) is 0.473. The Kier molecular flexibility index (Phi) is 6.45. The number of aromatic amines is 1. The number of carbonyl (C=O) groups is 2. The van der Waals surface area contributed by atoms with Gasteiger partial charge in [0.25, 0.3) is 5.56 Å². The molecule has 1 aromatic heterocycles. The summed E-state index contributed by atoms with van der Waals surface area (Å²) in [5.74, 6) is 0.244. The molecule has 2 amide bonds. The van der Waals surface area contributed by atoms with Gasteiger partial charge in [-0.15, -0.1) is 0 Å². The van der Waals surface area contributed by atoms with Gasteiger partial charge in [0.2, 0.25) is 11.8 Å². The minimum Gasteiger partial charge on any atom is -0.357 e. The number of fused-ring (bicyclic) bond motifs is 1. The van der Waals surface area contributed by atoms with Crippen molar-refractivity contribution >= 4 is 29.0 Å². The Balaban J connectivity index is 1.47. The molecular weight excluding hydrogens is 458 g/mol. The molecule has 1 atom stereocenters. The van der Waals surface area contributed by atoms with Crippen molar-refractivity contribution in [3.8, 4) is 0 Å². The van der Waals surface area contributed by atoms with E-state index < -0.39 is 11.2 Å². The van der Waals surface area contributed by atoms with Crippen LogP contribution in [0, 0.1) is 0 Å². The van der Waals surface area contributed by atoms with Crippen LogP contribution in [0.3, 0.4) is 0 Å². The third-order valence-electron chi connectivity index (χ3n) is 6.74. The number of amides is 2. The van der Waals surface area contributed by atoms with Crippen molar-refractivity contribution in [1.82, 2.24) is 9.55 Å². The van der Waals surface area contributed by atoms with Crippen LogP contribution in [0.5, 0.6) is 0 Å². The number of hydrogen-bond acceptors (Lipinski definition) is 6. The maximum absolute atomic E-state index is 12.8. The molecule has 3 heterocycles. The molecule has 1 saturated heterocycles. The van der Waals surface area contributed by atoms with E-state index in [9.17, 15) is 19.2 Å². The highest BCUT2D eigenvalue weighted by molar-refractivity contribution is 6.19. The number of rotatable bonds is 8. The molecule has 36 heavy (non-hydrogen) atoms. The van der Waals surface area contributed by atoms with Crippen LogP contribution in [0.4, 0.5) is 17.2 Å². The molecule has 186 valence electrons. The fourth-order valence-electron chi connectivity index (χ4n) is 4.90. The molecule has 0 bridgehead atoms. The van der Waals surface area contributed by atoms with Gasteiger partial charge in [-0.3, -0.25) is 28.8 Å². The molecule has 0 aliphatic carbocycles. The average Bonchev–Trinajstić information content (AvgIpc) is 3.40. The number of H-pyrrole nitrogens is 1. The van der Waals surface area contributed by atoms with Crippen molar-refractivity contribution in [2.45, 2.75) is 58.3 Å². The van der Waals surface area contributed by atoms with Gasteiger partial charge in [0.1, 0.15) is 17.7 Å². The second-order valence-electron chi connectivity index (χ2n) is 9.23. The maximum atomic E-state index is 12.8. The van der Waals surface area contributed by atoms with Crippen molar-refractivity contribution in [1.29, 1.82) is 0 Å². The number of hydrogen-bond donors (Lipinski definition) is 2. The van der Waals surface area contributed by atoms with Crippen LogP contribution in [-0.4, -0.2) is 27.5 Å². The Labute approximate surface area is 208 Å². The van der Waals surface area contributed by atoms with Gasteiger partial charge in [-0.2, -0.15) is 0 Å². The van der Waals surface area contributed by atoms with Crippen LogP contribution in [0.1, 0.15) is 43.7 Å². The highest BCUT2D eigenvalue weighted by Gasteiger charge is 2.35. The van der Waals surface area contributed by atoms with Crippen molar-refractivity contribution < 1.29 is 9.59 Å². The topological polar surface area (TPSA) is 108 Å². The zero-order chi connectivity index (χ0) is 25.2. The molecule has 2 aliphatic heterocycles. The van der Waals surface area contributed by atoms with Crippen molar-refractivity contribution in [3.63, 3.8) is 0 Å². The van der Waals surface area contributed by atoms with Gasteiger partial charge < -0.3 is 10.2 Å². The van der Waals surface area contributed by atoms with E-state index in [1.54, 1.807) is 16.7 Å². The summed E-state index contributed by atoms with van der Waals surface area (Å²) >= 11 is 0. The van der Waals surface area contributed by atoms with Crippen molar-refractivity contribution in [2.24, 2.45) is 0 Å². The largest absolute Gasteiger partial charge is 0.357 e. The highest BCUT2D eigenvalue weighted by atomic mass is 16.2. The summed E-state index contributed by atoms with van der Waals surface area (Å²) in [5.41, 5.74) is 2.17. The second-order valence-corrected chi connectivity index (χ2v) is 9.23. The molecule has 0 saturated carbocycles. The zero-order valence-corrected chi connectivity index (χ0v) is 20.2. The fourth-order valence-corrected chi connectivity index (χ4v) is 4.90. The van der Waals surface area contributed by atoms with Gasteiger partial charge in [0.15, 0.2) is 0 Å². The summed E-state index contributed by atoms with van der Waals surface area (Å²) in [5, 5.41) is 3.35. The second kappa shape index (κ2) is 9.85. The first-order valence-electron chi connectivity index (χ1n) is 12.3. The Morgan fingerprint density at radius 1 is 0.889 bits per heavy atom. The lowest BCUT2D eigenvalue weighted by atomic mass is 10.1.